The molecule has 2 rings (SSSR count). The van der Waals surface area contributed by atoms with Crippen LogP contribution in [0.25, 0.3) is 0 Å². The second kappa shape index (κ2) is 7.14. The number of anilines is 1. The molecule has 0 aliphatic heterocycles. The number of hydrogen-bond donors (Lipinski definition) is 1. The molecule has 0 fully saturated rings. The van der Waals surface area contributed by atoms with Gasteiger partial charge in [0.1, 0.15) is 5.82 Å². The van der Waals surface area contributed by atoms with Crippen LogP contribution < -0.4 is 5.32 Å². The molecule has 20 heavy (non-hydrogen) atoms. The van der Waals surface area contributed by atoms with E-state index in [1.165, 1.54) is 0 Å². The molecule has 0 bridgehead atoms. The summed E-state index contributed by atoms with van der Waals surface area (Å²) >= 11 is 0. The van der Waals surface area contributed by atoms with Crippen molar-refractivity contribution in [3.05, 3.63) is 53.5 Å². The zero-order valence-corrected chi connectivity index (χ0v) is 12.6. The number of hydrogen-bond acceptors (Lipinski definition) is 4. The average molecular weight is 289 g/mol. The molecular formula is C15H19N3OS. The summed E-state index contributed by atoms with van der Waals surface area (Å²) in [6.45, 7) is 4.46. The highest BCUT2D eigenvalue weighted by molar-refractivity contribution is 7.84. The Kier molecular flexibility index (Phi) is 5.24. The maximum Gasteiger partial charge on any atom is 0.147 e. The number of aryl methyl sites for hydroxylation is 2. The van der Waals surface area contributed by atoms with Crippen LogP contribution in [-0.2, 0) is 16.6 Å². The van der Waals surface area contributed by atoms with Crippen molar-refractivity contribution in [3.8, 4) is 0 Å². The summed E-state index contributed by atoms with van der Waals surface area (Å²) in [6.07, 6.45) is 1.74. The summed E-state index contributed by atoms with van der Waals surface area (Å²) in [4.78, 5) is 8.62. The van der Waals surface area contributed by atoms with Gasteiger partial charge >= 0.3 is 0 Å². The number of nitrogens with one attached hydrogen (secondary N) is 1. The summed E-state index contributed by atoms with van der Waals surface area (Å²) in [5.41, 5.74) is 2.85. The fraction of sp³-hybridized carbons (Fsp3) is 0.333. The quantitative estimate of drug-likeness (QED) is 0.887. The van der Waals surface area contributed by atoms with Crippen LogP contribution >= 0.6 is 0 Å². The van der Waals surface area contributed by atoms with Gasteiger partial charge in [0.15, 0.2) is 0 Å². The Morgan fingerprint density at radius 2 is 1.95 bits per heavy atom. The zero-order chi connectivity index (χ0) is 14.4. The van der Waals surface area contributed by atoms with E-state index in [2.05, 4.69) is 15.3 Å². The number of nitrogens with zero attached hydrogens (tertiary/aromatic N) is 2. The third-order valence-corrected chi connectivity index (χ3v) is 4.18. The zero-order valence-electron chi connectivity index (χ0n) is 11.8. The molecule has 1 N–H and O–H groups in total. The Hall–Kier alpha value is -1.75. The van der Waals surface area contributed by atoms with E-state index >= 15 is 0 Å². The molecule has 4 nitrogen and oxygen atoms in total. The Morgan fingerprint density at radius 1 is 1.20 bits per heavy atom. The molecule has 1 unspecified atom stereocenters. The van der Waals surface area contributed by atoms with Gasteiger partial charge in [-0.2, -0.15) is 0 Å². The van der Waals surface area contributed by atoms with Gasteiger partial charge in [0, 0.05) is 35.0 Å². The van der Waals surface area contributed by atoms with E-state index in [4.69, 9.17) is 0 Å². The topological polar surface area (TPSA) is 54.9 Å². The van der Waals surface area contributed by atoms with Crippen molar-refractivity contribution in [3.63, 3.8) is 0 Å². The van der Waals surface area contributed by atoms with Gasteiger partial charge in [-0.3, -0.25) is 9.19 Å². The average Bonchev–Trinajstić information content (AvgIpc) is 2.44. The molecule has 1 heterocycles. The number of benzene rings is 1. The molecule has 0 saturated heterocycles. The molecule has 0 aliphatic carbocycles. The van der Waals surface area contributed by atoms with Crippen LogP contribution in [0.4, 0.5) is 5.82 Å². The third-order valence-electron chi connectivity index (χ3n) is 2.87. The maximum atomic E-state index is 12.0. The van der Waals surface area contributed by atoms with Crippen LogP contribution in [0.1, 0.15) is 17.0 Å². The lowest BCUT2D eigenvalue weighted by atomic mass is 10.2. The molecule has 0 radical (unpaired) electrons. The van der Waals surface area contributed by atoms with Crippen molar-refractivity contribution in [1.29, 1.82) is 0 Å². The summed E-state index contributed by atoms with van der Waals surface area (Å²) in [6, 6.07) is 9.91. The van der Waals surface area contributed by atoms with E-state index in [9.17, 15) is 4.21 Å². The summed E-state index contributed by atoms with van der Waals surface area (Å²) in [5, 5.41) is 3.20. The van der Waals surface area contributed by atoms with Crippen LogP contribution in [-0.4, -0.2) is 26.5 Å². The monoisotopic (exact) mass is 289 g/mol. The Labute approximate surface area is 122 Å². The van der Waals surface area contributed by atoms with Gasteiger partial charge in [-0.15, -0.1) is 0 Å². The van der Waals surface area contributed by atoms with Crippen molar-refractivity contribution >= 4 is 16.6 Å². The number of rotatable bonds is 6. The summed E-state index contributed by atoms with van der Waals surface area (Å²) in [5.74, 6) is 1.98. The van der Waals surface area contributed by atoms with Crippen LogP contribution in [0.3, 0.4) is 0 Å². The Balaban J connectivity index is 1.81. The van der Waals surface area contributed by atoms with E-state index in [0.717, 1.165) is 22.8 Å². The highest BCUT2D eigenvalue weighted by Gasteiger charge is 2.04. The fourth-order valence-electron chi connectivity index (χ4n) is 1.82. The number of aromatic nitrogens is 2. The predicted octanol–water partition coefficient (Wildman–Crippen LogP) is 2.45. The lowest BCUT2D eigenvalue weighted by molar-refractivity contribution is 0.682. The minimum absolute atomic E-state index is 0.598. The first-order valence-electron chi connectivity index (χ1n) is 6.58. The van der Waals surface area contributed by atoms with Gasteiger partial charge in [0.05, 0.1) is 11.4 Å². The molecule has 2 aromatic rings. The molecule has 0 amide bonds. The van der Waals surface area contributed by atoms with E-state index < -0.39 is 10.8 Å². The minimum Gasteiger partial charge on any atom is -0.368 e. The van der Waals surface area contributed by atoms with E-state index in [-0.39, 0.29) is 0 Å². The maximum absolute atomic E-state index is 12.0. The van der Waals surface area contributed by atoms with Crippen molar-refractivity contribution in [1.82, 2.24) is 9.97 Å². The van der Waals surface area contributed by atoms with E-state index in [1.54, 1.807) is 6.20 Å². The van der Waals surface area contributed by atoms with Crippen LogP contribution in [0.2, 0.25) is 0 Å². The second-order valence-electron chi connectivity index (χ2n) is 4.65. The molecule has 1 atom stereocenters. The van der Waals surface area contributed by atoms with Gasteiger partial charge in [0.25, 0.3) is 0 Å². The van der Waals surface area contributed by atoms with Crippen LogP contribution in [0, 0.1) is 13.8 Å². The van der Waals surface area contributed by atoms with Gasteiger partial charge in [0.2, 0.25) is 0 Å². The van der Waals surface area contributed by atoms with Gasteiger partial charge in [-0.1, -0.05) is 30.3 Å². The molecule has 0 saturated carbocycles. The summed E-state index contributed by atoms with van der Waals surface area (Å²) < 4.78 is 12.0. The lowest BCUT2D eigenvalue weighted by Gasteiger charge is -2.08. The molecule has 0 spiro atoms. The van der Waals surface area contributed by atoms with Crippen molar-refractivity contribution in [2.24, 2.45) is 0 Å². The first-order chi connectivity index (χ1) is 9.65. The largest absolute Gasteiger partial charge is 0.368 e. The Bertz CT molecular complexity index is 587. The Morgan fingerprint density at radius 3 is 2.70 bits per heavy atom. The SMILES string of the molecule is Cc1cnc(C)c(NCCS(=O)Cc2ccccc2)n1. The fourth-order valence-corrected chi connectivity index (χ4v) is 2.86. The molecular weight excluding hydrogens is 270 g/mol. The van der Waals surface area contributed by atoms with Gasteiger partial charge in [-0.05, 0) is 19.4 Å². The minimum atomic E-state index is -0.867. The molecule has 0 aliphatic rings. The molecule has 106 valence electrons. The summed E-state index contributed by atoms with van der Waals surface area (Å²) in [7, 11) is -0.867. The van der Waals surface area contributed by atoms with Crippen LogP contribution in [0.5, 0.6) is 0 Å². The highest BCUT2D eigenvalue weighted by atomic mass is 32.2. The van der Waals surface area contributed by atoms with Gasteiger partial charge < -0.3 is 5.32 Å². The van der Waals surface area contributed by atoms with Gasteiger partial charge in [-0.25, -0.2) is 4.98 Å². The molecule has 5 heteroatoms. The standard InChI is InChI=1S/C15H19N3OS/c1-12-10-17-13(2)15(18-12)16-8-9-20(19)11-14-6-4-3-5-7-14/h3-7,10H,8-9,11H2,1-2H3,(H,16,18). The first-order valence-corrected chi connectivity index (χ1v) is 8.07. The molecule has 1 aromatic heterocycles. The second-order valence-corrected chi connectivity index (χ2v) is 6.22. The lowest BCUT2D eigenvalue weighted by Crippen LogP contribution is -2.14. The normalized spacial score (nSPS) is 12.1. The van der Waals surface area contributed by atoms with Crippen LogP contribution in [0.15, 0.2) is 36.5 Å². The predicted molar refractivity (Wildman–Crippen MR) is 83.2 cm³/mol. The molecule has 1 aromatic carbocycles. The highest BCUT2D eigenvalue weighted by Crippen LogP contribution is 2.08. The van der Waals surface area contributed by atoms with E-state index in [1.807, 2.05) is 44.2 Å². The van der Waals surface area contributed by atoms with E-state index in [0.29, 0.717) is 18.1 Å². The van der Waals surface area contributed by atoms with Crippen molar-refractivity contribution < 1.29 is 4.21 Å². The first kappa shape index (κ1) is 14.7. The smallest absolute Gasteiger partial charge is 0.147 e. The van der Waals surface area contributed by atoms with Crippen molar-refractivity contribution in [2.75, 3.05) is 17.6 Å². The third kappa shape index (κ3) is 4.42. The van der Waals surface area contributed by atoms with Crippen molar-refractivity contribution in [2.45, 2.75) is 19.6 Å².